The van der Waals surface area contributed by atoms with Gasteiger partial charge in [-0.25, -0.2) is 0 Å². The molecule has 0 radical (unpaired) electrons. The first kappa shape index (κ1) is 14.1. The van der Waals surface area contributed by atoms with Gasteiger partial charge in [0.25, 0.3) is 0 Å². The van der Waals surface area contributed by atoms with E-state index in [1.165, 1.54) is 31.5 Å². The van der Waals surface area contributed by atoms with E-state index in [0.717, 1.165) is 25.3 Å². The Bertz CT molecular complexity index is 391. The molecule has 19 heavy (non-hydrogen) atoms. The van der Waals surface area contributed by atoms with Crippen molar-refractivity contribution in [2.45, 2.75) is 32.1 Å². The minimum absolute atomic E-state index is 0.307. The largest absolute Gasteiger partial charge is 0.481 e. The Labute approximate surface area is 115 Å². The Kier molecular flexibility index (Phi) is 5.40. The number of hydrogen-bond acceptors (Lipinski definition) is 2. The van der Waals surface area contributed by atoms with Crippen LogP contribution in [0.5, 0.6) is 0 Å². The second-order valence-corrected chi connectivity index (χ2v) is 5.50. The summed E-state index contributed by atoms with van der Waals surface area (Å²) in [6.07, 6.45) is 4.56. The summed E-state index contributed by atoms with van der Waals surface area (Å²) in [4.78, 5) is 12.9. The molecule has 1 aliphatic heterocycles. The fraction of sp³-hybridized carbons (Fsp3) is 0.562. The molecular weight excluding hydrogens is 238 g/mol. The highest BCUT2D eigenvalue weighted by molar-refractivity contribution is 5.66. The van der Waals surface area contributed by atoms with Crippen molar-refractivity contribution in [2.75, 3.05) is 19.6 Å². The van der Waals surface area contributed by atoms with Crippen LogP contribution in [0.4, 0.5) is 0 Å². The van der Waals surface area contributed by atoms with Crippen LogP contribution in [0.15, 0.2) is 30.3 Å². The third-order valence-corrected chi connectivity index (χ3v) is 3.85. The summed E-state index contributed by atoms with van der Waals surface area (Å²) in [6, 6.07) is 10.7. The van der Waals surface area contributed by atoms with Crippen LogP contribution in [0.1, 0.15) is 31.2 Å². The van der Waals surface area contributed by atoms with Crippen LogP contribution in [-0.2, 0) is 11.2 Å². The number of aliphatic carboxylic acids is 1. The molecule has 1 aromatic rings. The van der Waals surface area contributed by atoms with Crippen LogP contribution in [0, 0.1) is 5.92 Å². The fourth-order valence-corrected chi connectivity index (χ4v) is 2.84. The molecule has 3 nitrogen and oxygen atoms in total. The minimum Gasteiger partial charge on any atom is -0.481 e. The number of rotatable bonds is 7. The Morgan fingerprint density at radius 1 is 1.26 bits per heavy atom. The number of carboxylic acids is 1. The van der Waals surface area contributed by atoms with Gasteiger partial charge in [-0.15, -0.1) is 0 Å². The molecule has 1 aliphatic rings. The van der Waals surface area contributed by atoms with Gasteiger partial charge < -0.3 is 10.0 Å². The van der Waals surface area contributed by atoms with Gasteiger partial charge in [-0.05, 0) is 50.3 Å². The first-order valence-corrected chi connectivity index (χ1v) is 7.22. The molecule has 2 rings (SSSR count). The van der Waals surface area contributed by atoms with Crippen molar-refractivity contribution in [2.24, 2.45) is 5.92 Å². The zero-order valence-corrected chi connectivity index (χ0v) is 11.4. The average Bonchev–Trinajstić information content (AvgIpc) is 2.83. The van der Waals surface area contributed by atoms with Gasteiger partial charge in [-0.2, -0.15) is 0 Å². The number of hydrogen-bond donors (Lipinski definition) is 1. The van der Waals surface area contributed by atoms with E-state index in [-0.39, 0.29) is 0 Å². The fourth-order valence-electron chi connectivity index (χ4n) is 2.84. The molecule has 1 fully saturated rings. The molecule has 1 N–H and O–H groups in total. The second kappa shape index (κ2) is 7.29. The molecule has 1 atom stereocenters. The first-order chi connectivity index (χ1) is 9.24. The number of nitrogens with zero attached hydrogens (tertiary/aromatic N) is 1. The highest BCUT2D eigenvalue weighted by Gasteiger charge is 2.21. The van der Waals surface area contributed by atoms with Gasteiger partial charge in [0.1, 0.15) is 0 Å². The number of benzene rings is 1. The van der Waals surface area contributed by atoms with E-state index in [9.17, 15) is 4.79 Å². The van der Waals surface area contributed by atoms with E-state index in [1.807, 2.05) is 0 Å². The van der Waals surface area contributed by atoms with Crippen LogP contribution in [-0.4, -0.2) is 35.6 Å². The normalized spacial score (nSPS) is 19.7. The lowest BCUT2D eigenvalue weighted by Crippen LogP contribution is -2.22. The lowest BCUT2D eigenvalue weighted by atomic mass is 9.99. The summed E-state index contributed by atoms with van der Waals surface area (Å²) >= 11 is 0. The quantitative estimate of drug-likeness (QED) is 0.767. The SMILES string of the molecule is O=C(O)CCCCN1CCC(Cc2ccccc2)C1. The standard InChI is InChI=1S/C16H23NO2/c18-16(19)8-4-5-10-17-11-9-15(13-17)12-14-6-2-1-3-7-14/h1-3,6-7,15H,4-5,8-13H2,(H,18,19). The molecular formula is C16H23NO2. The molecule has 0 spiro atoms. The predicted octanol–water partition coefficient (Wildman–Crippen LogP) is 2.81. The molecule has 1 unspecified atom stereocenters. The molecule has 0 bridgehead atoms. The average molecular weight is 261 g/mol. The van der Waals surface area contributed by atoms with E-state index < -0.39 is 5.97 Å². The summed E-state index contributed by atoms with van der Waals surface area (Å²) in [5.74, 6) is 0.0882. The topological polar surface area (TPSA) is 40.5 Å². The third-order valence-electron chi connectivity index (χ3n) is 3.85. The van der Waals surface area contributed by atoms with Crippen molar-refractivity contribution < 1.29 is 9.90 Å². The smallest absolute Gasteiger partial charge is 0.303 e. The summed E-state index contributed by atoms with van der Waals surface area (Å²) in [5.41, 5.74) is 1.43. The maximum Gasteiger partial charge on any atom is 0.303 e. The molecule has 1 heterocycles. The van der Waals surface area contributed by atoms with Crippen molar-refractivity contribution in [3.05, 3.63) is 35.9 Å². The van der Waals surface area contributed by atoms with Crippen molar-refractivity contribution >= 4 is 5.97 Å². The van der Waals surface area contributed by atoms with Gasteiger partial charge in [0.15, 0.2) is 0 Å². The molecule has 0 aromatic heterocycles. The van der Waals surface area contributed by atoms with Gasteiger partial charge in [0, 0.05) is 13.0 Å². The van der Waals surface area contributed by atoms with Gasteiger partial charge >= 0.3 is 5.97 Å². The molecule has 3 heteroatoms. The van der Waals surface area contributed by atoms with E-state index in [1.54, 1.807) is 0 Å². The monoisotopic (exact) mass is 261 g/mol. The summed E-state index contributed by atoms with van der Waals surface area (Å²) < 4.78 is 0. The minimum atomic E-state index is -0.677. The summed E-state index contributed by atoms with van der Waals surface area (Å²) in [6.45, 7) is 3.39. The molecule has 0 aliphatic carbocycles. The maximum absolute atomic E-state index is 10.4. The van der Waals surface area contributed by atoms with Crippen LogP contribution < -0.4 is 0 Å². The zero-order valence-electron chi connectivity index (χ0n) is 11.4. The van der Waals surface area contributed by atoms with E-state index in [4.69, 9.17) is 5.11 Å². The lowest BCUT2D eigenvalue weighted by Gasteiger charge is -2.15. The molecule has 0 saturated carbocycles. The van der Waals surface area contributed by atoms with Crippen LogP contribution in [0.2, 0.25) is 0 Å². The first-order valence-electron chi connectivity index (χ1n) is 7.22. The lowest BCUT2D eigenvalue weighted by molar-refractivity contribution is -0.137. The van der Waals surface area contributed by atoms with E-state index in [0.29, 0.717) is 6.42 Å². The van der Waals surface area contributed by atoms with Crippen LogP contribution >= 0.6 is 0 Å². The highest BCUT2D eigenvalue weighted by Crippen LogP contribution is 2.21. The van der Waals surface area contributed by atoms with Crippen LogP contribution in [0.25, 0.3) is 0 Å². The molecule has 1 aromatic carbocycles. The Balaban J connectivity index is 1.64. The Hall–Kier alpha value is -1.35. The van der Waals surface area contributed by atoms with Crippen molar-refractivity contribution in [1.82, 2.24) is 4.90 Å². The van der Waals surface area contributed by atoms with Gasteiger partial charge in [-0.1, -0.05) is 30.3 Å². The van der Waals surface area contributed by atoms with E-state index >= 15 is 0 Å². The van der Waals surface area contributed by atoms with Crippen molar-refractivity contribution in [3.8, 4) is 0 Å². The van der Waals surface area contributed by atoms with Crippen molar-refractivity contribution in [1.29, 1.82) is 0 Å². The maximum atomic E-state index is 10.4. The molecule has 104 valence electrons. The van der Waals surface area contributed by atoms with E-state index in [2.05, 4.69) is 35.2 Å². The molecule has 1 saturated heterocycles. The highest BCUT2D eigenvalue weighted by atomic mass is 16.4. The summed E-state index contributed by atoms with van der Waals surface area (Å²) in [7, 11) is 0. The Morgan fingerprint density at radius 2 is 2.05 bits per heavy atom. The van der Waals surface area contributed by atoms with Crippen molar-refractivity contribution in [3.63, 3.8) is 0 Å². The number of unbranched alkanes of at least 4 members (excludes halogenated alkanes) is 1. The number of carboxylic acid groups (broad SMARTS) is 1. The van der Waals surface area contributed by atoms with Crippen LogP contribution in [0.3, 0.4) is 0 Å². The Morgan fingerprint density at radius 3 is 2.79 bits per heavy atom. The number of likely N-dealkylation sites (tertiary alicyclic amines) is 1. The number of carbonyl (C=O) groups is 1. The third kappa shape index (κ3) is 5.03. The predicted molar refractivity (Wildman–Crippen MR) is 76.2 cm³/mol. The summed E-state index contributed by atoms with van der Waals surface area (Å²) in [5, 5.41) is 8.60. The second-order valence-electron chi connectivity index (χ2n) is 5.50. The van der Waals surface area contributed by atoms with Gasteiger partial charge in [-0.3, -0.25) is 4.79 Å². The van der Waals surface area contributed by atoms with Gasteiger partial charge in [0.05, 0.1) is 0 Å². The van der Waals surface area contributed by atoms with Gasteiger partial charge in [0.2, 0.25) is 0 Å². The zero-order chi connectivity index (χ0) is 13.5. The molecule has 0 amide bonds.